The maximum absolute atomic E-state index is 11.1. The van der Waals surface area contributed by atoms with Gasteiger partial charge < -0.3 is 11.1 Å². The van der Waals surface area contributed by atoms with Crippen LogP contribution in [-0.2, 0) is 17.6 Å². The van der Waals surface area contributed by atoms with Crippen molar-refractivity contribution < 1.29 is 4.79 Å². The Morgan fingerprint density at radius 1 is 1.47 bits per heavy atom. The molecule has 1 unspecified atom stereocenters. The van der Waals surface area contributed by atoms with Crippen LogP contribution in [0.4, 0.5) is 5.69 Å². The van der Waals surface area contributed by atoms with E-state index < -0.39 is 0 Å². The van der Waals surface area contributed by atoms with Gasteiger partial charge in [-0.3, -0.25) is 4.79 Å². The minimum Gasteiger partial charge on any atom is -0.327 e. The van der Waals surface area contributed by atoms with Gasteiger partial charge in [0.25, 0.3) is 0 Å². The van der Waals surface area contributed by atoms with Gasteiger partial charge in [-0.2, -0.15) is 0 Å². The highest BCUT2D eigenvalue weighted by Gasteiger charge is 2.17. The lowest BCUT2D eigenvalue weighted by Gasteiger charge is -2.04. The molecule has 0 heterocycles. The van der Waals surface area contributed by atoms with Gasteiger partial charge in [0.2, 0.25) is 5.91 Å². The standard InChI is InChI=1S/C12H14N2O/c1-2-12(15)14-11-4-3-8-5-10(13)6-9(8)7-11/h2-4,7,10H,1,5-6,13H2,(H,14,15). The lowest BCUT2D eigenvalue weighted by Crippen LogP contribution is -2.19. The van der Waals surface area contributed by atoms with Crippen LogP contribution < -0.4 is 11.1 Å². The van der Waals surface area contributed by atoms with Crippen LogP contribution in [0.15, 0.2) is 30.9 Å². The fraction of sp³-hybridized carbons (Fsp3) is 0.250. The van der Waals surface area contributed by atoms with Gasteiger partial charge in [-0.1, -0.05) is 12.6 Å². The molecule has 1 aliphatic carbocycles. The Bertz CT molecular complexity index is 412. The Morgan fingerprint density at radius 3 is 2.93 bits per heavy atom. The zero-order valence-corrected chi connectivity index (χ0v) is 8.49. The zero-order valence-electron chi connectivity index (χ0n) is 8.49. The fourth-order valence-corrected chi connectivity index (χ4v) is 1.92. The van der Waals surface area contributed by atoms with Crippen LogP contribution in [0, 0.1) is 0 Å². The second-order valence-corrected chi connectivity index (χ2v) is 3.85. The van der Waals surface area contributed by atoms with E-state index in [0.29, 0.717) is 0 Å². The maximum Gasteiger partial charge on any atom is 0.247 e. The fourth-order valence-electron chi connectivity index (χ4n) is 1.92. The summed E-state index contributed by atoms with van der Waals surface area (Å²) in [6, 6.07) is 6.15. The van der Waals surface area contributed by atoms with Crippen LogP contribution in [0.5, 0.6) is 0 Å². The number of nitrogens with two attached hydrogens (primary N) is 1. The van der Waals surface area contributed by atoms with Crippen molar-refractivity contribution in [3.05, 3.63) is 42.0 Å². The van der Waals surface area contributed by atoms with E-state index >= 15 is 0 Å². The summed E-state index contributed by atoms with van der Waals surface area (Å²) in [4.78, 5) is 11.1. The summed E-state index contributed by atoms with van der Waals surface area (Å²) in [5.74, 6) is -0.183. The number of hydrogen-bond donors (Lipinski definition) is 2. The molecule has 0 aliphatic heterocycles. The van der Waals surface area contributed by atoms with Crippen molar-refractivity contribution in [1.82, 2.24) is 0 Å². The lowest BCUT2D eigenvalue weighted by molar-refractivity contribution is -0.111. The van der Waals surface area contributed by atoms with Crippen molar-refractivity contribution in [2.45, 2.75) is 18.9 Å². The van der Waals surface area contributed by atoms with Gasteiger partial charge >= 0.3 is 0 Å². The quantitative estimate of drug-likeness (QED) is 0.709. The van der Waals surface area contributed by atoms with E-state index in [-0.39, 0.29) is 11.9 Å². The molecule has 3 nitrogen and oxygen atoms in total. The molecule has 78 valence electrons. The summed E-state index contributed by atoms with van der Waals surface area (Å²) < 4.78 is 0. The first kappa shape index (κ1) is 9.93. The summed E-state index contributed by atoms with van der Waals surface area (Å²) in [5, 5.41) is 2.74. The third-order valence-corrected chi connectivity index (χ3v) is 2.62. The zero-order chi connectivity index (χ0) is 10.8. The van der Waals surface area contributed by atoms with Crippen LogP contribution in [0.1, 0.15) is 11.1 Å². The first-order chi connectivity index (χ1) is 7.19. The third-order valence-electron chi connectivity index (χ3n) is 2.62. The molecule has 1 atom stereocenters. The van der Waals surface area contributed by atoms with Crippen molar-refractivity contribution in [3.63, 3.8) is 0 Å². The van der Waals surface area contributed by atoms with Crippen LogP contribution in [0.3, 0.4) is 0 Å². The summed E-state index contributed by atoms with van der Waals surface area (Å²) in [7, 11) is 0. The molecule has 3 heteroatoms. The minimum absolute atomic E-state index is 0.183. The van der Waals surface area contributed by atoms with E-state index in [2.05, 4.69) is 11.9 Å². The Labute approximate surface area is 89.0 Å². The van der Waals surface area contributed by atoms with E-state index in [1.165, 1.54) is 17.2 Å². The Balaban J connectivity index is 2.20. The number of anilines is 1. The topological polar surface area (TPSA) is 55.1 Å². The van der Waals surface area contributed by atoms with E-state index in [4.69, 9.17) is 5.73 Å². The first-order valence-corrected chi connectivity index (χ1v) is 5.00. The Kier molecular flexibility index (Phi) is 2.56. The highest BCUT2D eigenvalue weighted by Crippen LogP contribution is 2.24. The van der Waals surface area contributed by atoms with Crippen LogP contribution >= 0.6 is 0 Å². The van der Waals surface area contributed by atoms with E-state index in [9.17, 15) is 4.79 Å². The van der Waals surface area contributed by atoms with Gasteiger partial charge in [-0.15, -0.1) is 0 Å². The van der Waals surface area contributed by atoms with Crippen molar-refractivity contribution >= 4 is 11.6 Å². The summed E-state index contributed by atoms with van der Waals surface area (Å²) in [6.07, 6.45) is 3.09. The smallest absolute Gasteiger partial charge is 0.247 e. The van der Waals surface area contributed by atoms with E-state index in [0.717, 1.165) is 18.5 Å². The predicted octanol–water partition coefficient (Wildman–Crippen LogP) is 1.24. The van der Waals surface area contributed by atoms with Crippen LogP contribution in [0.25, 0.3) is 0 Å². The SMILES string of the molecule is C=CC(=O)Nc1ccc2c(c1)CC(N)C2. The molecule has 0 spiro atoms. The summed E-state index contributed by atoms with van der Waals surface area (Å²) in [5.41, 5.74) is 9.20. The number of fused-ring (bicyclic) bond motifs is 1. The molecule has 1 aliphatic rings. The molecular formula is C12H14N2O. The van der Waals surface area contributed by atoms with Crippen molar-refractivity contribution in [2.75, 3.05) is 5.32 Å². The molecule has 0 bridgehead atoms. The lowest BCUT2D eigenvalue weighted by atomic mass is 10.1. The van der Waals surface area contributed by atoms with Crippen molar-refractivity contribution in [1.29, 1.82) is 0 Å². The second-order valence-electron chi connectivity index (χ2n) is 3.85. The van der Waals surface area contributed by atoms with Gasteiger partial charge in [-0.05, 0) is 42.2 Å². The first-order valence-electron chi connectivity index (χ1n) is 5.00. The van der Waals surface area contributed by atoms with Gasteiger partial charge in [-0.25, -0.2) is 0 Å². The van der Waals surface area contributed by atoms with Crippen molar-refractivity contribution in [2.24, 2.45) is 5.73 Å². The predicted molar refractivity (Wildman–Crippen MR) is 60.7 cm³/mol. The molecular weight excluding hydrogens is 188 g/mol. The maximum atomic E-state index is 11.1. The molecule has 15 heavy (non-hydrogen) atoms. The largest absolute Gasteiger partial charge is 0.327 e. The number of hydrogen-bond acceptors (Lipinski definition) is 2. The molecule has 1 aromatic rings. The number of carbonyl (C=O) groups is 1. The molecule has 1 amide bonds. The van der Waals surface area contributed by atoms with Gasteiger partial charge in [0, 0.05) is 11.7 Å². The Hall–Kier alpha value is -1.61. The second kappa shape index (κ2) is 3.87. The van der Waals surface area contributed by atoms with Gasteiger partial charge in [0.1, 0.15) is 0 Å². The van der Waals surface area contributed by atoms with E-state index in [1.54, 1.807) is 0 Å². The average molecular weight is 202 g/mol. The summed E-state index contributed by atoms with van der Waals surface area (Å²) >= 11 is 0. The normalized spacial score (nSPS) is 18.3. The van der Waals surface area contributed by atoms with Crippen molar-refractivity contribution in [3.8, 4) is 0 Å². The molecule has 0 saturated carbocycles. The number of nitrogens with one attached hydrogen (secondary N) is 1. The minimum atomic E-state index is -0.183. The number of rotatable bonds is 2. The molecule has 1 aromatic carbocycles. The molecule has 2 rings (SSSR count). The summed E-state index contributed by atoms with van der Waals surface area (Å²) in [6.45, 7) is 3.41. The van der Waals surface area contributed by atoms with Gasteiger partial charge in [0.15, 0.2) is 0 Å². The van der Waals surface area contributed by atoms with Crippen LogP contribution in [0.2, 0.25) is 0 Å². The molecule has 0 radical (unpaired) electrons. The highest BCUT2D eigenvalue weighted by molar-refractivity contribution is 5.98. The number of carbonyl (C=O) groups excluding carboxylic acids is 1. The number of benzene rings is 1. The van der Waals surface area contributed by atoms with Crippen LogP contribution in [-0.4, -0.2) is 11.9 Å². The molecule has 3 N–H and O–H groups in total. The molecule has 0 aromatic heterocycles. The van der Waals surface area contributed by atoms with Gasteiger partial charge in [0.05, 0.1) is 0 Å². The third kappa shape index (κ3) is 2.07. The molecule has 0 saturated heterocycles. The average Bonchev–Trinajstić information content (AvgIpc) is 2.57. The molecule has 0 fully saturated rings. The Morgan fingerprint density at radius 2 is 2.20 bits per heavy atom. The number of amides is 1. The monoisotopic (exact) mass is 202 g/mol. The highest BCUT2D eigenvalue weighted by atomic mass is 16.1. The van der Waals surface area contributed by atoms with E-state index in [1.807, 2.05) is 18.2 Å².